The van der Waals surface area contributed by atoms with E-state index in [4.69, 9.17) is 10.6 Å². The fourth-order valence-electron chi connectivity index (χ4n) is 1.13. The molecule has 15 heavy (non-hydrogen) atoms. The summed E-state index contributed by atoms with van der Waals surface area (Å²) < 4.78 is 8.70. The van der Waals surface area contributed by atoms with Crippen molar-refractivity contribution >= 4 is 17.6 Å². The molecule has 0 saturated heterocycles. The van der Waals surface area contributed by atoms with Crippen molar-refractivity contribution in [3.63, 3.8) is 0 Å². The lowest BCUT2D eigenvalue weighted by Crippen LogP contribution is -2.24. The van der Waals surface area contributed by atoms with E-state index in [0.29, 0.717) is 6.61 Å². The zero-order valence-electron chi connectivity index (χ0n) is 8.82. The maximum absolute atomic E-state index is 5.55. The Balaban J connectivity index is 2.36. The molecule has 0 saturated carbocycles. The molecular formula is C10H17N3OS. The minimum atomic E-state index is 0.674. The maximum Gasteiger partial charge on any atom is 0.121 e. The summed E-state index contributed by atoms with van der Waals surface area (Å²) in [7, 11) is 0. The SMILES string of the molecule is CSNc1cccc(OCCCNN)c1. The van der Waals surface area contributed by atoms with E-state index >= 15 is 0 Å². The Bertz CT molecular complexity index is 283. The molecule has 0 aliphatic heterocycles. The Kier molecular flexibility index (Phi) is 5.99. The van der Waals surface area contributed by atoms with Gasteiger partial charge in [-0.3, -0.25) is 11.3 Å². The topological polar surface area (TPSA) is 59.3 Å². The average Bonchev–Trinajstić information content (AvgIpc) is 2.26. The van der Waals surface area contributed by atoms with Crippen LogP contribution in [0.4, 0.5) is 5.69 Å². The monoisotopic (exact) mass is 227 g/mol. The van der Waals surface area contributed by atoms with Gasteiger partial charge in [0.2, 0.25) is 0 Å². The number of nitrogens with two attached hydrogens (primary N) is 1. The molecule has 0 fully saturated rings. The predicted octanol–water partition coefficient (Wildman–Crippen LogP) is 1.61. The second kappa shape index (κ2) is 7.39. The standard InChI is InChI=1S/C10H17N3OS/c1-15-13-9-4-2-5-10(8-9)14-7-3-6-12-11/h2,4-5,8,12-13H,3,6-7,11H2,1H3. The summed E-state index contributed by atoms with van der Waals surface area (Å²) in [6.07, 6.45) is 2.89. The molecule has 0 aliphatic rings. The Labute approximate surface area is 94.7 Å². The van der Waals surface area contributed by atoms with Gasteiger partial charge in [-0.05, 0) is 18.6 Å². The Hall–Kier alpha value is -0.910. The molecule has 1 aromatic rings. The first-order valence-electron chi connectivity index (χ1n) is 4.82. The summed E-state index contributed by atoms with van der Waals surface area (Å²) in [5.41, 5.74) is 3.64. The first kappa shape index (κ1) is 12.2. The van der Waals surface area contributed by atoms with Crippen molar-refractivity contribution in [1.29, 1.82) is 0 Å². The van der Waals surface area contributed by atoms with Gasteiger partial charge in [-0.25, -0.2) is 0 Å². The van der Waals surface area contributed by atoms with Crippen LogP contribution in [0, 0.1) is 0 Å². The third-order valence-corrected chi connectivity index (χ3v) is 2.23. The number of anilines is 1. The van der Waals surface area contributed by atoms with Gasteiger partial charge in [0.05, 0.1) is 6.61 Å². The van der Waals surface area contributed by atoms with Gasteiger partial charge in [0.1, 0.15) is 5.75 Å². The van der Waals surface area contributed by atoms with Crippen LogP contribution in [0.15, 0.2) is 24.3 Å². The van der Waals surface area contributed by atoms with E-state index in [9.17, 15) is 0 Å². The summed E-state index contributed by atoms with van der Waals surface area (Å²) in [6.45, 7) is 1.44. The van der Waals surface area contributed by atoms with Gasteiger partial charge >= 0.3 is 0 Å². The molecule has 1 rings (SSSR count). The van der Waals surface area contributed by atoms with Crippen LogP contribution in [0.1, 0.15) is 6.42 Å². The van der Waals surface area contributed by atoms with Gasteiger partial charge in [-0.15, -0.1) is 0 Å². The third-order valence-electron chi connectivity index (χ3n) is 1.79. The van der Waals surface area contributed by atoms with Gasteiger partial charge in [0.25, 0.3) is 0 Å². The van der Waals surface area contributed by atoms with Gasteiger partial charge in [0, 0.05) is 24.6 Å². The van der Waals surface area contributed by atoms with Crippen molar-refractivity contribution in [1.82, 2.24) is 5.43 Å². The average molecular weight is 227 g/mol. The number of rotatable bonds is 7. The fraction of sp³-hybridized carbons (Fsp3) is 0.400. The Morgan fingerprint density at radius 1 is 1.47 bits per heavy atom. The van der Waals surface area contributed by atoms with E-state index in [2.05, 4.69) is 10.1 Å². The van der Waals surface area contributed by atoms with Crippen molar-refractivity contribution in [3.8, 4) is 5.75 Å². The molecule has 0 spiro atoms. The predicted molar refractivity (Wildman–Crippen MR) is 65.9 cm³/mol. The van der Waals surface area contributed by atoms with E-state index in [1.165, 1.54) is 0 Å². The van der Waals surface area contributed by atoms with Crippen LogP contribution in [0.2, 0.25) is 0 Å². The van der Waals surface area contributed by atoms with E-state index in [1.54, 1.807) is 11.9 Å². The number of nitrogens with one attached hydrogen (secondary N) is 2. The maximum atomic E-state index is 5.55. The van der Waals surface area contributed by atoms with Crippen molar-refractivity contribution in [2.45, 2.75) is 6.42 Å². The zero-order valence-corrected chi connectivity index (χ0v) is 9.64. The molecule has 1 aromatic carbocycles. The molecule has 4 N–H and O–H groups in total. The van der Waals surface area contributed by atoms with E-state index in [-0.39, 0.29) is 0 Å². The van der Waals surface area contributed by atoms with Crippen LogP contribution in [0.3, 0.4) is 0 Å². The number of hydrazine groups is 1. The van der Waals surface area contributed by atoms with Crippen LogP contribution in [0.25, 0.3) is 0 Å². The zero-order chi connectivity index (χ0) is 10.9. The number of hydrogen-bond acceptors (Lipinski definition) is 5. The normalized spacial score (nSPS) is 10.0. The van der Waals surface area contributed by atoms with Crippen LogP contribution >= 0.6 is 11.9 Å². The first-order valence-corrected chi connectivity index (χ1v) is 6.04. The molecule has 0 bridgehead atoms. The summed E-state index contributed by atoms with van der Waals surface area (Å²) in [5.74, 6) is 6.03. The van der Waals surface area contributed by atoms with Crippen molar-refractivity contribution in [2.75, 3.05) is 24.1 Å². The molecule has 84 valence electrons. The highest BCUT2D eigenvalue weighted by atomic mass is 32.2. The number of benzene rings is 1. The molecule has 0 aromatic heterocycles. The molecular weight excluding hydrogens is 210 g/mol. The van der Waals surface area contributed by atoms with Gasteiger partial charge in [-0.1, -0.05) is 18.0 Å². The van der Waals surface area contributed by atoms with Crippen molar-refractivity contribution < 1.29 is 4.74 Å². The summed E-state index contributed by atoms with van der Waals surface area (Å²) in [6, 6.07) is 7.90. The van der Waals surface area contributed by atoms with Crippen LogP contribution < -0.4 is 20.7 Å². The highest BCUT2D eigenvalue weighted by Gasteiger charge is 1.95. The number of hydrogen-bond donors (Lipinski definition) is 3. The molecule has 0 heterocycles. The molecule has 5 heteroatoms. The quantitative estimate of drug-likeness (QED) is 0.286. The summed E-state index contributed by atoms with van der Waals surface area (Å²) in [5, 5.41) is 0. The van der Waals surface area contributed by atoms with Crippen molar-refractivity contribution in [3.05, 3.63) is 24.3 Å². The molecule has 0 atom stereocenters. The summed E-state index contributed by atoms with van der Waals surface area (Å²) >= 11 is 1.56. The lowest BCUT2D eigenvalue weighted by Gasteiger charge is -2.08. The summed E-state index contributed by atoms with van der Waals surface area (Å²) in [4.78, 5) is 0. The Morgan fingerprint density at radius 3 is 3.07 bits per heavy atom. The number of ether oxygens (including phenoxy) is 1. The third kappa shape index (κ3) is 4.92. The smallest absolute Gasteiger partial charge is 0.121 e. The van der Waals surface area contributed by atoms with Crippen LogP contribution in [-0.4, -0.2) is 19.4 Å². The van der Waals surface area contributed by atoms with E-state index in [0.717, 1.165) is 24.4 Å². The van der Waals surface area contributed by atoms with E-state index < -0.39 is 0 Å². The highest BCUT2D eigenvalue weighted by Crippen LogP contribution is 2.19. The second-order valence-corrected chi connectivity index (χ2v) is 3.60. The first-order chi connectivity index (χ1) is 7.36. The van der Waals surface area contributed by atoms with Crippen molar-refractivity contribution in [2.24, 2.45) is 5.84 Å². The van der Waals surface area contributed by atoms with Crippen LogP contribution in [-0.2, 0) is 0 Å². The molecule has 0 aliphatic carbocycles. The second-order valence-electron chi connectivity index (χ2n) is 2.99. The largest absolute Gasteiger partial charge is 0.493 e. The molecule has 0 radical (unpaired) electrons. The lowest BCUT2D eigenvalue weighted by atomic mass is 10.3. The van der Waals surface area contributed by atoms with Gasteiger partial charge in [-0.2, -0.15) is 0 Å². The minimum absolute atomic E-state index is 0.674. The van der Waals surface area contributed by atoms with Gasteiger partial charge < -0.3 is 9.46 Å². The molecule has 4 nitrogen and oxygen atoms in total. The molecule has 0 amide bonds. The fourth-order valence-corrected chi connectivity index (χ4v) is 1.49. The van der Waals surface area contributed by atoms with Gasteiger partial charge in [0.15, 0.2) is 0 Å². The highest BCUT2D eigenvalue weighted by molar-refractivity contribution is 7.99. The minimum Gasteiger partial charge on any atom is -0.493 e. The Morgan fingerprint density at radius 2 is 2.33 bits per heavy atom. The van der Waals surface area contributed by atoms with Crippen LogP contribution in [0.5, 0.6) is 5.75 Å². The lowest BCUT2D eigenvalue weighted by molar-refractivity contribution is 0.309. The molecule has 0 unspecified atom stereocenters. The van der Waals surface area contributed by atoms with E-state index in [1.807, 2.05) is 30.5 Å².